The number of anilines is 1. The van der Waals surface area contributed by atoms with Gasteiger partial charge in [-0.3, -0.25) is 14.5 Å². The molecule has 0 spiro atoms. The van der Waals surface area contributed by atoms with Gasteiger partial charge in [0, 0.05) is 42.3 Å². The van der Waals surface area contributed by atoms with E-state index in [1.54, 1.807) is 31.2 Å². The van der Waals surface area contributed by atoms with Gasteiger partial charge in [-0.15, -0.1) is 11.3 Å². The smallest absolute Gasteiger partial charge is 0.341 e. The number of nitrogens with zero attached hydrogens (tertiary/aromatic N) is 2. The van der Waals surface area contributed by atoms with Gasteiger partial charge in [0.25, 0.3) is 5.91 Å². The molecule has 10 heteroatoms. The average molecular weight is 605 g/mol. The van der Waals surface area contributed by atoms with Crippen LogP contribution in [0.2, 0.25) is 5.02 Å². The van der Waals surface area contributed by atoms with Gasteiger partial charge >= 0.3 is 5.97 Å². The molecule has 0 unspecified atom stereocenters. The average Bonchev–Trinajstić information content (AvgIpc) is 3.04. The first kappa shape index (κ1) is 27.3. The zero-order chi connectivity index (χ0) is 26.4. The number of carbonyl (C=O) groups excluding carboxylic acids is 3. The van der Waals surface area contributed by atoms with E-state index < -0.39 is 5.97 Å². The predicted molar refractivity (Wildman–Crippen MR) is 150 cm³/mol. The molecule has 3 aromatic rings. The third kappa shape index (κ3) is 6.78. The minimum absolute atomic E-state index is 0.0427. The van der Waals surface area contributed by atoms with Crippen LogP contribution in [-0.4, -0.2) is 66.9 Å². The van der Waals surface area contributed by atoms with Crippen LogP contribution in [0.5, 0.6) is 0 Å². The number of benzene rings is 2. The lowest BCUT2D eigenvalue weighted by Crippen LogP contribution is -2.38. The summed E-state index contributed by atoms with van der Waals surface area (Å²) in [7, 11) is 0. The summed E-state index contributed by atoms with van der Waals surface area (Å²) in [6.07, 6.45) is 0.753. The van der Waals surface area contributed by atoms with Crippen LogP contribution in [0.3, 0.4) is 0 Å². The zero-order valence-corrected chi connectivity index (χ0v) is 23.5. The maximum atomic E-state index is 13.0. The molecule has 0 atom stereocenters. The molecule has 1 aliphatic heterocycles. The fraction of sp³-hybridized carbons (Fsp3) is 0.296. The highest BCUT2D eigenvalue weighted by Crippen LogP contribution is 2.44. The number of amides is 2. The van der Waals surface area contributed by atoms with Crippen LogP contribution >= 0.6 is 38.9 Å². The minimum atomic E-state index is -0.482. The van der Waals surface area contributed by atoms with E-state index in [9.17, 15) is 14.4 Å². The Morgan fingerprint density at radius 2 is 1.76 bits per heavy atom. The predicted octanol–water partition coefficient (Wildman–Crippen LogP) is 5.79. The van der Waals surface area contributed by atoms with Crippen molar-refractivity contribution in [2.75, 3.05) is 44.6 Å². The molecule has 1 aromatic heterocycles. The van der Waals surface area contributed by atoms with E-state index >= 15 is 0 Å². The maximum Gasteiger partial charge on any atom is 0.341 e. The number of esters is 1. The molecule has 1 saturated heterocycles. The molecular weight excluding hydrogens is 578 g/mol. The number of halogens is 2. The number of rotatable bonds is 7. The molecule has 0 aliphatic carbocycles. The SMILES string of the molecule is CCOC(=O)c1c(NC(=O)CN2CCCN(C(=O)c3ccc(Cl)cc3)CC2)sc(Br)c1-c1ccccc1. The first-order valence-electron chi connectivity index (χ1n) is 12.0. The Bertz CT molecular complexity index is 1270. The summed E-state index contributed by atoms with van der Waals surface area (Å²) in [5, 5.41) is 3.96. The first-order valence-corrected chi connectivity index (χ1v) is 14.0. The summed E-state index contributed by atoms with van der Waals surface area (Å²) >= 11 is 10.8. The van der Waals surface area contributed by atoms with E-state index in [0.29, 0.717) is 52.9 Å². The van der Waals surface area contributed by atoms with Crippen molar-refractivity contribution < 1.29 is 19.1 Å². The Balaban J connectivity index is 1.43. The summed E-state index contributed by atoms with van der Waals surface area (Å²) < 4.78 is 6.05. The number of hydrogen-bond acceptors (Lipinski definition) is 6. The number of carbonyl (C=O) groups is 3. The second kappa shape index (κ2) is 12.7. The second-order valence-corrected chi connectivity index (χ2v) is 11.3. The molecule has 194 valence electrons. The molecule has 1 fully saturated rings. The van der Waals surface area contributed by atoms with Gasteiger partial charge in [-0.1, -0.05) is 41.9 Å². The number of nitrogens with one attached hydrogen (secondary N) is 1. The molecule has 1 aliphatic rings. The van der Waals surface area contributed by atoms with Crippen LogP contribution in [0.15, 0.2) is 58.4 Å². The normalized spacial score (nSPS) is 14.2. The Morgan fingerprint density at radius 1 is 1.03 bits per heavy atom. The van der Waals surface area contributed by atoms with Crippen LogP contribution in [-0.2, 0) is 9.53 Å². The molecule has 37 heavy (non-hydrogen) atoms. The van der Waals surface area contributed by atoms with Gasteiger partial charge in [-0.2, -0.15) is 0 Å². The van der Waals surface area contributed by atoms with Crippen LogP contribution in [0, 0.1) is 0 Å². The van der Waals surface area contributed by atoms with E-state index in [1.165, 1.54) is 11.3 Å². The minimum Gasteiger partial charge on any atom is -0.462 e. The van der Waals surface area contributed by atoms with Crippen molar-refractivity contribution in [1.29, 1.82) is 0 Å². The highest BCUT2D eigenvalue weighted by Gasteiger charge is 2.27. The lowest BCUT2D eigenvalue weighted by atomic mass is 10.0. The third-order valence-corrected chi connectivity index (χ3v) is 8.02. The summed E-state index contributed by atoms with van der Waals surface area (Å²) in [4.78, 5) is 42.6. The lowest BCUT2D eigenvalue weighted by molar-refractivity contribution is -0.117. The van der Waals surface area contributed by atoms with Gasteiger partial charge < -0.3 is 15.0 Å². The number of ether oxygens (including phenoxy) is 1. The number of thiophene rings is 1. The highest BCUT2D eigenvalue weighted by atomic mass is 79.9. The molecule has 0 bridgehead atoms. The van der Waals surface area contributed by atoms with Crippen molar-refractivity contribution in [2.24, 2.45) is 0 Å². The second-order valence-electron chi connectivity index (χ2n) is 8.52. The van der Waals surface area contributed by atoms with Gasteiger partial charge in [0.05, 0.1) is 16.9 Å². The van der Waals surface area contributed by atoms with Crippen molar-refractivity contribution in [3.05, 3.63) is 74.5 Å². The molecule has 7 nitrogen and oxygen atoms in total. The van der Waals surface area contributed by atoms with Crippen molar-refractivity contribution in [2.45, 2.75) is 13.3 Å². The molecule has 0 radical (unpaired) electrons. The third-order valence-electron chi connectivity index (χ3n) is 5.99. The largest absolute Gasteiger partial charge is 0.462 e. The molecule has 2 heterocycles. The summed E-state index contributed by atoms with van der Waals surface area (Å²) in [5.74, 6) is -0.750. The summed E-state index contributed by atoms with van der Waals surface area (Å²) in [6.45, 7) is 4.53. The van der Waals surface area contributed by atoms with E-state index in [0.717, 1.165) is 15.8 Å². The monoisotopic (exact) mass is 603 g/mol. The molecule has 2 amide bonds. The van der Waals surface area contributed by atoms with E-state index in [2.05, 4.69) is 21.2 Å². The highest BCUT2D eigenvalue weighted by molar-refractivity contribution is 9.11. The van der Waals surface area contributed by atoms with E-state index in [1.807, 2.05) is 40.1 Å². The van der Waals surface area contributed by atoms with Crippen LogP contribution < -0.4 is 5.32 Å². The van der Waals surface area contributed by atoms with Gasteiger partial charge in [-0.05, 0) is 59.1 Å². The van der Waals surface area contributed by atoms with Crippen molar-refractivity contribution in [1.82, 2.24) is 9.80 Å². The van der Waals surface area contributed by atoms with Gasteiger partial charge in [-0.25, -0.2) is 4.79 Å². The first-order chi connectivity index (χ1) is 17.9. The Morgan fingerprint density at radius 3 is 2.46 bits per heavy atom. The van der Waals surface area contributed by atoms with Crippen LogP contribution in [0.4, 0.5) is 5.00 Å². The fourth-order valence-electron chi connectivity index (χ4n) is 4.23. The quantitative estimate of drug-likeness (QED) is 0.345. The zero-order valence-electron chi connectivity index (χ0n) is 20.3. The van der Waals surface area contributed by atoms with Crippen molar-refractivity contribution >= 4 is 61.7 Å². The topological polar surface area (TPSA) is 79.0 Å². The molecule has 2 aromatic carbocycles. The Labute approximate surface area is 233 Å². The molecule has 1 N–H and O–H groups in total. The fourth-order valence-corrected chi connectivity index (χ4v) is 6.22. The van der Waals surface area contributed by atoms with Crippen LogP contribution in [0.25, 0.3) is 11.1 Å². The van der Waals surface area contributed by atoms with Gasteiger partial charge in [0.2, 0.25) is 5.91 Å². The standard InChI is InChI=1S/C27H27BrClN3O4S/c1-2-36-27(35)23-22(18-7-4-3-5-8-18)24(28)37-25(23)30-21(33)17-31-13-6-14-32(16-15-31)26(34)19-9-11-20(29)12-10-19/h3-5,7-12H,2,6,13-17H2,1H3,(H,30,33). The molecule has 4 rings (SSSR count). The lowest BCUT2D eigenvalue weighted by Gasteiger charge is -2.22. The van der Waals surface area contributed by atoms with Crippen LogP contribution in [0.1, 0.15) is 34.1 Å². The van der Waals surface area contributed by atoms with E-state index in [4.69, 9.17) is 16.3 Å². The Hall–Kier alpha value is -2.72. The number of hydrogen-bond donors (Lipinski definition) is 1. The van der Waals surface area contributed by atoms with Gasteiger partial charge in [0.1, 0.15) is 10.6 Å². The summed E-state index contributed by atoms with van der Waals surface area (Å²) in [6, 6.07) is 16.4. The molecular formula is C27H27BrClN3O4S. The summed E-state index contributed by atoms with van der Waals surface area (Å²) in [5.41, 5.74) is 2.49. The van der Waals surface area contributed by atoms with Crippen molar-refractivity contribution in [3.8, 4) is 11.1 Å². The molecule has 0 saturated carbocycles. The maximum absolute atomic E-state index is 13.0. The Kier molecular flexibility index (Phi) is 9.37. The van der Waals surface area contributed by atoms with Gasteiger partial charge in [0.15, 0.2) is 0 Å². The van der Waals surface area contributed by atoms with E-state index in [-0.39, 0.29) is 25.0 Å². The van der Waals surface area contributed by atoms with Crippen molar-refractivity contribution in [3.63, 3.8) is 0 Å².